The minimum atomic E-state index is -2.77. The maximum atomic E-state index is 12.1. The van der Waals surface area contributed by atoms with Gasteiger partial charge in [-0.15, -0.1) is 0 Å². The Hall–Kier alpha value is -1.32. The number of rotatable bonds is 4. The summed E-state index contributed by atoms with van der Waals surface area (Å²) in [5.41, 5.74) is 1.40. The van der Waals surface area contributed by atoms with Crippen molar-refractivity contribution in [2.24, 2.45) is 5.41 Å². The van der Waals surface area contributed by atoms with Gasteiger partial charge in [0.2, 0.25) is 0 Å². The summed E-state index contributed by atoms with van der Waals surface area (Å²) in [7, 11) is 0. The maximum Gasteiger partial charge on any atom is 0.387 e. The van der Waals surface area contributed by atoms with Crippen molar-refractivity contribution in [1.82, 2.24) is 0 Å². The number of alkyl halides is 2. The molecule has 1 N–H and O–H groups in total. The molecule has 1 atom stereocenters. The molecule has 2 nitrogen and oxygen atoms in total. The number of hydrogen-bond acceptors (Lipinski definition) is 2. The minimum Gasteiger partial charge on any atom is -0.435 e. The number of halogens is 2. The third-order valence-electron chi connectivity index (χ3n) is 4.03. The average molecular weight is 283 g/mol. The van der Waals surface area contributed by atoms with Gasteiger partial charge < -0.3 is 10.1 Å². The van der Waals surface area contributed by atoms with E-state index in [0.717, 1.165) is 12.1 Å². The van der Waals surface area contributed by atoms with E-state index in [4.69, 9.17) is 0 Å². The molecule has 1 unspecified atom stereocenters. The lowest BCUT2D eigenvalue weighted by molar-refractivity contribution is -0.0498. The predicted octanol–water partition coefficient (Wildman–Crippen LogP) is 5.06. The van der Waals surface area contributed by atoms with Crippen LogP contribution in [0.4, 0.5) is 14.5 Å². The van der Waals surface area contributed by atoms with Crippen molar-refractivity contribution in [2.75, 3.05) is 5.32 Å². The molecule has 1 fully saturated rings. The first-order valence-electron chi connectivity index (χ1n) is 7.26. The highest BCUT2D eigenvalue weighted by atomic mass is 19.3. The van der Waals surface area contributed by atoms with Crippen LogP contribution in [-0.4, -0.2) is 12.7 Å². The van der Waals surface area contributed by atoms with Gasteiger partial charge in [0.25, 0.3) is 0 Å². The molecular weight excluding hydrogens is 260 g/mol. The van der Waals surface area contributed by atoms with E-state index in [1.807, 2.05) is 0 Å². The smallest absolute Gasteiger partial charge is 0.387 e. The van der Waals surface area contributed by atoms with Gasteiger partial charge in [0.1, 0.15) is 5.75 Å². The van der Waals surface area contributed by atoms with Crippen LogP contribution in [-0.2, 0) is 0 Å². The van der Waals surface area contributed by atoms with Crippen molar-refractivity contribution >= 4 is 5.69 Å². The second-order valence-electron chi connectivity index (χ2n) is 6.34. The number of benzene rings is 1. The molecule has 0 saturated heterocycles. The van der Waals surface area contributed by atoms with E-state index in [2.05, 4.69) is 23.9 Å². The van der Waals surface area contributed by atoms with Crippen molar-refractivity contribution < 1.29 is 13.5 Å². The van der Waals surface area contributed by atoms with E-state index in [1.54, 1.807) is 24.3 Å². The number of anilines is 1. The third-order valence-corrected chi connectivity index (χ3v) is 4.03. The Balaban J connectivity index is 1.89. The van der Waals surface area contributed by atoms with Crippen LogP contribution in [0.5, 0.6) is 5.75 Å². The Bertz CT molecular complexity index is 417. The molecule has 4 heteroatoms. The first-order chi connectivity index (χ1) is 9.44. The lowest BCUT2D eigenvalue weighted by Gasteiger charge is -2.22. The van der Waals surface area contributed by atoms with Crippen LogP contribution < -0.4 is 10.1 Å². The standard InChI is InChI=1S/C16H23F2NO/c1-16(2)10-3-4-12(9-11-16)19-13-5-7-14(8-6-13)20-15(17)18/h5-8,12,15,19H,3-4,9-11H2,1-2H3. The monoisotopic (exact) mass is 283 g/mol. The average Bonchev–Trinajstić information content (AvgIpc) is 2.53. The molecular formula is C16H23F2NO. The van der Waals surface area contributed by atoms with Crippen molar-refractivity contribution in [2.45, 2.75) is 58.6 Å². The molecule has 0 radical (unpaired) electrons. The van der Waals surface area contributed by atoms with Crippen LogP contribution in [0.1, 0.15) is 46.0 Å². The molecule has 0 bridgehead atoms. The summed E-state index contributed by atoms with van der Waals surface area (Å²) in [6.45, 7) is 1.88. The molecule has 0 aliphatic heterocycles. The second-order valence-corrected chi connectivity index (χ2v) is 6.34. The van der Waals surface area contributed by atoms with Crippen LogP contribution in [0, 0.1) is 5.41 Å². The molecule has 1 aliphatic rings. The van der Waals surface area contributed by atoms with Gasteiger partial charge in [-0.25, -0.2) is 0 Å². The van der Waals surface area contributed by atoms with Gasteiger partial charge in [0.15, 0.2) is 0 Å². The van der Waals surface area contributed by atoms with E-state index < -0.39 is 6.61 Å². The predicted molar refractivity (Wildman–Crippen MR) is 77.4 cm³/mol. The van der Waals surface area contributed by atoms with Gasteiger partial charge in [-0.1, -0.05) is 20.3 Å². The Morgan fingerprint density at radius 2 is 1.85 bits per heavy atom. The molecule has 0 amide bonds. The lowest BCUT2D eigenvalue weighted by Crippen LogP contribution is -2.19. The Morgan fingerprint density at radius 1 is 1.15 bits per heavy atom. The van der Waals surface area contributed by atoms with Crippen LogP contribution in [0.25, 0.3) is 0 Å². The fourth-order valence-electron chi connectivity index (χ4n) is 2.77. The summed E-state index contributed by atoms with van der Waals surface area (Å²) < 4.78 is 28.5. The van der Waals surface area contributed by atoms with Crippen LogP contribution >= 0.6 is 0 Å². The van der Waals surface area contributed by atoms with Crippen molar-refractivity contribution in [3.05, 3.63) is 24.3 Å². The first kappa shape index (κ1) is 15.1. The molecule has 112 valence electrons. The molecule has 0 heterocycles. The molecule has 1 aromatic rings. The maximum absolute atomic E-state index is 12.1. The van der Waals surface area contributed by atoms with Gasteiger partial charge in [0, 0.05) is 11.7 Å². The lowest BCUT2D eigenvalue weighted by atomic mass is 9.85. The number of hydrogen-bond donors (Lipinski definition) is 1. The van der Waals surface area contributed by atoms with E-state index >= 15 is 0 Å². The van der Waals surface area contributed by atoms with Crippen LogP contribution in [0.3, 0.4) is 0 Å². The van der Waals surface area contributed by atoms with Gasteiger partial charge in [0.05, 0.1) is 0 Å². The quantitative estimate of drug-likeness (QED) is 0.780. The number of nitrogens with one attached hydrogen (secondary N) is 1. The summed E-state index contributed by atoms with van der Waals surface area (Å²) in [6.07, 6.45) is 6.04. The van der Waals surface area contributed by atoms with Gasteiger partial charge >= 0.3 is 6.61 Å². The van der Waals surface area contributed by atoms with Gasteiger partial charge in [-0.05, 0) is 55.4 Å². The highest BCUT2D eigenvalue weighted by Crippen LogP contribution is 2.34. The van der Waals surface area contributed by atoms with E-state index in [9.17, 15) is 8.78 Å². The molecule has 2 rings (SSSR count). The van der Waals surface area contributed by atoms with E-state index in [1.165, 1.54) is 25.7 Å². The number of ether oxygens (including phenoxy) is 1. The summed E-state index contributed by atoms with van der Waals surface area (Å²) in [4.78, 5) is 0. The van der Waals surface area contributed by atoms with Crippen LogP contribution in [0.15, 0.2) is 24.3 Å². The largest absolute Gasteiger partial charge is 0.435 e. The summed E-state index contributed by atoms with van der Waals surface area (Å²) in [5, 5.41) is 3.50. The fourth-order valence-corrected chi connectivity index (χ4v) is 2.77. The van der Waals surface area contributed by atoms with Crippen LogP contribution in [0.2, 0.25) is 0 Å². The summed E-state index contributed by atoms with van der Waals surface area (Å²) in [5.74, 6) is 0.201. The minimum absolute atomic E-state index is 0.201. The summed E-state index contributed by atoms with van der Waals surface area (Å²) >= 11 is 0. The Kier molecular flexibility index (Phi) is 4.84. The fraction of sp³-hybridized carbons (Fsp3) is 0.625. The zero-order valence-corrected chi connectivity index (χ0v) is 12.2. The molecule has 1 aromatic carbocycles. The zero-order valence-electron chi connectivity index (χ0n) is 12.2. The molecule has 1 saturated carbocycles. The van der Waals surface area contributed by atoms with Crippen molar-refractivity contribution in [1.29, 1.82) is 0 Å². The SMILES string of the molecule is CC1(C)CCCC(Nc2ccc(OC(F)F)cc2)CC1. The molecule has 0 aromatic heterocycles. The zero-order chi connectivity index (χ0) is 14.6. The molecule has 20 heavy (non-hydrogen) atoms. The van der Waals surface area contributed by atoms with Gasteiger partial charge in [-0.3, -0.25) is 0 Å². The second kappa shape index (κ2) is 6.42. The van der Waals surface area contributed by atoms with E-state index in [-0.39, 0.29) is 5.75 Å². The molecule has 0 spiro atoms. The normalized spacial score (nSPS) is 22.4. The highest BCUT2D eigenvalue weighted by Gasteiger charge is 2.24. The Morgan fingerprint density at radius 3 is 2.50 bits per heavy atom. The van der Waals surface area contributed by atoms with Crippen molar-refractivity contribution in [3.8, 4) is 5.75 Å². The molecule has 1 aliphatic carbocycles. The highest BCUT2D eigenvalue weighted by molar-refractivity contribution is 5.47. The first-order valence-corrected chi connectivity index (χ1v) is 7.26. The van der Waals surface area contributed by atoms with Gasteiger partial charge in [-0.2, -0.15) is 8.78 Å². The van der Waals surface area contributed by atoms with E-state index in [0.29, 0.717) is 11.5 Å². The van der Waals surface area contributed by atoms with Crippen molar-refractivity contribution in [3.63, 3.8) is 0 Å². The third kappa shape index (κ3) is 4.66. The topological polar surface area (TPSA) is 21.3 Å². The summed E-state index contributed by atoms with van der Waals surface area (Å²) in [6, 6.07) is 7.23. The Labute approximate surface area is 119 Å².